The first-order valence-corrected chi connectivity index (χ1v) is 6.37. The number of hydrogen-bond donors (Lipinski definition) is 0. The van der Waals surface area contributed by atoms with Crippen molar-refractivity contribution in [3.8, 4) is 12.3 Å². The minimum atomic E-state index is -0.180. The van der Waals surface area contributed by atoms with Crippen LogP contribution in [0, 0.1) is 24.1 Å². The summed E-state index contributed by atoms with van der Waals surface area (Å²) in [4.78, 5) is 2.30. The normalized spacial score (nSPS) is 18.0. The number of allylic oxidation sites excluding steroid dienone is 1. The Hall–Kier alpha value is -1.59. The van der Waals surface area contributed by atoms with Gasteiger partial charge in [-0.05, 0) is 49.5 Å². The summed E-state index contributed by atoms with van der Waals surface area (Å²) in [6.07, 6.45) is 11.8. The predicted molar refractivity (Wildman–Crippen MR) is 73.4 cm³/mol. The molecule has 1 fully saturated rings. The summed E-state index contributed by atoms with van der Waals surface area (Å²) in [5.74, 6) is 3.09. The molecular weight excluding hydrogens is 225 g/mol. The molecule has 18 heavy (non-hydrogen) atoms. The maximum atomic E-state index is 13.0. The maximum absolute atomic E-state index is 13.0. The molecule has 0 unspecified atom stereocenters. The monoisotopic (exact) mass is 243 g/mol. The number of nitrogens with zero attached hydrogens (tertiary/aromatic N) is 1. The highest BCUT2D eigenvalue weighted by atomic mass is 19.1. The van der Waals surface area contributed by atoms with Gasteiger partial charge in [0.1, 0.15) is 5.82 Å². The van der Waals surface area contributed by atoms with Gasteiger partial charge in [-0.1, -0.05) is 30.2 Å². The van der Waals surface area contributed by atoms with Gasteiger partial charge >= 0.3 is 0 Å². The highest BCUT2D eigenvalue weighted by molar-refractivity contribution is 5.49. The van der Waals surface area contributed by atoms with Crippen molar-refractivity contribution >= 4 is 6.08 Å². The summed E-state index contributed by atoms with van der Waals surface area (Å²) in [7, 11) is 0. The Kier molecular flexibility index (Phi) is 4.55. The Balaban J connectivity index is 1.86. The highest BCUT2D eigenvalue weighted by Gasteiger charge is 2.15. The average Bonchev–Trinajstić information content (AvgIpc) is 2.38. The second-order valence-corrected chi connectivity index (χ2v) is 4.73. The fourth-order valence-electron chi connectivity index (χ4n) is 2.29. The van der Waals surface area contributed by atoms with Gasteiger partial charge in [-0.25, -0.2) is 4.39 Å². The number of halogens is 1. The molecular formula is C16H18FN. The van der Waals surface area contributed by atoms with E-state index in [1.165, 1.54) is 6.07 Å². The number of likely N-dealkylation sites (tertiary alicyclic amines) is 1. The number of hydrogen-bond acceptors (Lipinski definition) is 1. The van der Waals surface area contributed by atoms with Crippen LogP contribution in [0.25, 0.3) is 6.08 Å². The van der Waals surface area contributed by atoms with Crippen molar-refractivity contribution < 1.29 is 4.39 Å². The van der Waals surface area contributed by atoms with Crippen LogP contribution in [0.2, 0.25) is 0 Å². The van der Waals surface area contributed by atoms with Crippen LogP contribution in [0.3, 0.4) is 0 Å². The van der Waals surface area contributed by atoms with Crippen LogP contribution in [-0.4, -0.2) is 24.5 Å². The number of benzene rings is 1. The molecule has 94 valence electrons. The van der Waals surface area contributed by atoms with E-state index >= 15 is 0 Å². The zero-order valence-corrected chi connectivity index (χ0v) is 10.5. The van der Waals surface area contributed by atoms with E-state index in [1.807, 2.05) is 12.1 Å². The van der Waals surface area contributed by atoms with Gasteiger partial charge in [-0.15, -0.1) is 6.42 Å². The van der Waals surface area contributed by atoms with Gasteiger partial charge < -0.3 is 0 Å². The third-order valence-corrected chi connectivity index (χ3v) is 3.36. The summed E-state index contributed by atoms with van der Waals surface area (Å²) < 4.78 is 13.0. The number of piperidine rings is 1. The summed E-state index contributed by atoms with van der Waals surface area (Å²) in [6, 6.07) is 6.69. The van der Waals surface area contributed by atoms with Crippen LogP contribution in [0.5, 0.6) is 0 Å². The largest absolute Gasteiger partial charge is 0.292 e. The molecule has 1 nitrogen and oxygen atoms in total. The van der Waals surface area contributed by atoms with Crippen LogP contribution in [0.4, 0.5) is 4.39 Å². The zero-order valence-electron chi connectivity index (χ0n) is 10.5. The van der Waals surface area contributed by atoms with Crippen molar-refractivity contribution in [1.29, 1.82) is 0 Å². The van der Waals surface area contributed by atoms with Gasteiger partial charge in [-0.2, -0.15) is 0 Å². The third kappa shape index (κ3) is 3.72. The van der Waals surface area contributed by atoms with E-state index in [9.17, 15) is 4.39 Å². The van der Waals surface area contributed by atoms with Crippen molar-refractivity contribution in [2.24, 2.45) is 5.92 Å². The lowest BCUT2D eigenvalue weighted by atomic mass is 9.95. The average molecular weight is 243 g/mol. The molecule has 0 amide bonds. The molecule has 0 aliphatic carbocycles. The second-order valence-electron chi connectivity index (χ2n) is 4.73. The highest BCUT2D eigenvalue weighted by Crippen LogP contribution is 2.19. The lowest BCUT2D eigenvalue weighted by Gasteiger charge is -2.28. The molecule has 0 N–H and O–H groups in total. The topological polar surface area (TPSA) is 3.24 Å². The molecule has 1 aromatic rings. The van der Waals surface area contributed by atoms with E-state index in [4.69, 9.17) is 6.42 Å². The van der Waals surface area contributed by atoms with Gasteiger partial charge in [-0.3, -0.25) is 4.90 Å². The van der Waals surface area contributed by atoms with Gasteiger partial charge in [0.2, 0.25) is 0 Å². The van der Waals surface area contributed by atoms with Crippen LogP contribution < -0.4 is 0 Å². The summed E-state index contributed by atoms with van der Waals surface area (Å²) in [6.45, 7) is 2.87. The molecule has 2 heteroatoms. The first-order chi connectivity index (χ1) is 8.78. The lowest BCUT2D eigenvalue weighted by molar-refractivity contribution is 0.226. The van der Waals surface area contributed by atoms with Crippen LogP contribution in [0.1, 0.15) is 18.4 Å². The quantitative estimate of drug-likeness (QED) is 0.737. The van der Waals surface area contributed by atoms with E-state index in [1.54, 1.807) is 12.1 Å². The predicted octanol–water partition coefficient (Wildman–Crippen LogP) is 3.18. The summed E-state index contributed by atoms with van der Waals surface area (Å²) >= 11 is 0. The van der Waals surface area contributed by atoms with Crippen molar-refractivity contribution in [3.63, 3.8) is 0 Å². The summed E-state index contributed by atoms with van der Waals surface area (Å²) in [5.41, 5.74) is 0.932. The summed E-state index contributed by atoms with van der Waals surface area (Å²) in [5, 5.41) is 0. The Labute approximate surface area is 108 Å². The minimum absolute atomic E-state index is 0.180. The molecule has 0 radical (unpaired) electrons. The maximum Gasteiger partial charge on any atom is 0.123 e. The van der Waals surface area contributed by atoms with E-state index < -0.39 is 0 Å². The molecule has 1 aliphatic heterocycles. The molecule has 1 saturated heterocycles. The molecule has 0 bridgehead atoms. The Bertz CT molecular complexity index is 450. The molecule has 0 spiro atoms. The van der Waals surface area contributed by atoms with Gasteiger partial charge in [0, 0.05) is 0 Å². The molecule has 0 atom stereocenters. The van der Waals surface area contributed by atoms with E-state index in [0.717, 1.165) is 38.0 Å². The molecule has 0 saturated carbocycles. The molecule has 1 aromatic carbocycles. The van der Waals surface area contributed by atoms with Gasteiger partial charge in [0.25, 0.3) is 0 Å². The molecule has 0 aromatic heterocycles. The fraction of sp³-hybridized carbons (Fsp3) is 0.375. The zero-order chi connectivity index (χ0) is 12.8. The van der Waals surface area contributed by atoms with E-state index in [2.05, 4.69) is 16.9 Å². The van der Waals surface area contributed by atoms with Gasteiger partial charge in [0.15, 0.2) is 0 Å². The molecule has 1 heterocycles. The van der Waals surface area contributed by atoms with E-state index in [-0.39, 0.29) is 5.82 Å². The van der Waals surface area contributed by atoms with Crippen molar-refractivity contribution in [1.82, 2.24) is 4.90 Å². The first kappa shape index (κ1) is 12.9. The smallest absolute Gasteiger partial charge is 0.123 e. The fourth-order valence-corrected chi connectivity index (χ4v) is 2.29. The Morgan fingerprint density at radius 2 is 2.17 bits per heavy atom. The standard InChI is InChI=1S/C16H18FN/c1-2-10-18-11-8-14(9-12-18)6-7-15-4-3-5-16(17)13-15/h1,3-7,13-14H,8-12H2/b7-6-. The molecule has 2 rings (SSSR count). The third-order valence-electron chi connectivity index (χ3n) is 3.36. The van der Waals surface area contributed by atoms with Gasteiger partial charge in [0.05, 0.1) is 6.54 Å². The SMILES string of the molecule is C#CCN1CCC(/C=C\c2cccc(F)c2)CC1. The molecule has 1 aliphatic rings. The van der Waals surface area contributed by atoms with Crippen LogP contribution in [-0.2, 0) is 0 Å². The Morgan fingerprint density at radius 3 is 2.83 bits per heavy atom. The van der Waals surface area contributed by atoms with Crippen molar-refractivity contribution in [3.05, 3.63) is 41.7 Å². The van der Waals surface area contributed by atoms with E-state index in [0.29, 0.717) is 5.92 Å². The van der Waals surface area contributed by atoms with Crippen LogP contribution in [0.15, 0.2) is 30.3 Å². The number of rotatable bonds is 3. The second kappa shape index (κ2) is 6.37. The van der Waals surface area contributed by atoms with Crippen LogP contribution >= 0.6 is 0 Å². The van der Waals surface area contributed by atoms with Crippen molar-refractivity contribution in [2.75, 3.05) is 19.6 Å². The number of terminal acetylenes is 1. The lowest BCUT2D eigenvalue weighted by Crippen LogP contribution is -2.33. The minimum Gasteiger partial charge on any atom is -0.292 e. The first-order valence-electron chi connectivity index (χ1n) is 6.37. The van der Waals surface area contributed by atoms with Crippen molar-refractivity contribution in [2.45, 2.75) is 12.8 Å². The Morgan fingerprint density at radius 1 is 1.39 bits per heavy atom.